The molecule has 0 aromatic heterocycles. The van der Waals surface area contributed by atoms with Crippen molar-refractivity contribution in [2.24, 2.45) is 0 Å². The Balaban J connectivity index is 3.99. The SMILES string of the molecule is COCCN(CCOC)C(=S)NCCNC(=O)OC(C)(C)C. The van der Waals surface area contributed by atoms with E-state index in [0.717, 1.165) is 0 Å². The van der Waals surface area contributed by atoms with Crippen LogP contribution in [0.4, 0.5) is 4.79 Å². The Morgan fingerprint density at radius 1 is 1.05 bits per heavy atom. The van der Waals surface area contributed by atoms with Crippen LogP contribution in [0.15, 0.2) is 0 Å². The smallest absolute Gasteiger partial charge is 0.407 e. The molecule has 0 rings (SSSR count). The van der Waals surface area contributed by atoms with E-state index < -0.39 is 11.7 Å². The fraction of sp³-hybridized carbons (Fsp3) is 0.857. The largest absolute Gasteiger partial charge is 0.444 e. The first kappa shape index (κ1) is 20.9. The van der Waals surface area contributed by atoms with Crippen LogP contribution in [0.2, 0.25) is 0 Å². The lowest BCUT2D eigenvalue weighted by molar-refractivity contribution is 0.0529. The number of carbonyl (C=O) groups is 1. The molecule has 0 spiro atoms. The standard InChI is InChI=1S/C14H29N3O4S/c1-14(2,3)21-13(18)16-7-6-15-12(22)17(8-10-19-4)9-11-20-5/h6-11H2,1-5H3,(H,15,22)(H,16,18). The highest BCUT2D eigenvalue weighted by molar-refractivity contribution is 7.80. The van der Waals surface area contributed by atoms with Crippen molar-refractivity contribution in [3.8, 4) is 0 Å². The number of methoxy groups -OCH3 is 2. The normalized spacial score (nSPS) is 11.0. The predicted molar refractivity (Wildman–Crippen MR) is 90.2 cm³/mol. The highest BCUT2D eigenvalue weighted by Crippen LogP contribution is 2.05. The minimum Gasteiger partial charge on any atom is -0.444 e. The molecular weight excluding hydrogens is 306 g/mol. The third-order valence-corrected chi connectivity index (χ3v) is 2.89. The van der Waals surface area contributed by atoms with Gasteiger partial charge in [0.15, 0.2) is 5.11 Å². The van der Waals surface area contributed by atoms with E-state index in [1.165, 1.54) is 0 Å². The van der Waals surface area contributed by atoms with Crippen molar-refractivity contribution in [3.05, 3.63) is 0 Å². The van der Waals surface area contributed by atoms with Crippen molar-refractivity contribution >= 4 is 23.4 Å². The van der Waals surface area contributed by atoms with Crippen LogP contribution in [0, 0.1) is 0 Å². The molecule has 0 unspecified atom stereocenters. The van der Waals surface area contributed by atoms with Gasteiger partial charge in [-0.25, -0.2) is 4.79 Å². The number of hydrogen-bond acceptors (Lipinski definition) is 5. The molecule has 0 saturated heterocycles. The van der Waals surface area contributed by atoms with Crippen LogP contribution in [0.3, 0.4) is 0 Å². The molecule has 0 aliphatic heterocycles. The molecule has 2 N–H and O–H groups in total. The first-order valence-corrected chi connectivity index (χ1v) is 7.68. The zero-order valence-corrected chi connectivity index (χ0v) is 15.0. The average Bonchev–Trinajstić information content (AvgIpc) is 2.41. The summed E-state index contributed by atoms with van der Waals surface area (Å²) < 4.78 is 15.3. The van der Waals surface area contributed by atoms with Gasteiger partial charge in [0.25, 0.3) is 0 Å². The zero-order chi connectivity index (χ0) is 17.0. The summed E-state index contributed by atoms with van der Waals surface area (Å²) >= 11 is 5.33. The van der Waals surface area contributed by atoms with E-state index in [4.69, 9.17) is 26.4 Å². The molecule has 0 aliphatic carbocycles. The molecule has 7 nitrogen and oxygen atoms in total. The Bertz CT molecular complexity index is 327. The van der Waals surface area contributed by atoms with Gasteiger partial charge in [0.1, 0.15) is 5.60 Å². The Hall–Kier alpha value is -1.12. The van der Waals surface area contributed by atoms with Crippen LogP contribution in [-0.4, -0.2) is 75.3 Å². The minimum atomic E-state index is -0.496. The van der Waals surface area contributed by atoms with Gasteiger partial charge >= 0.3 is 6.09 Å². The van der Waals surface area contributed by atoms with Gasteiger partial charge in [-0.1, -0.05) is 0 Å². The number of nitrogens with one attached hydrogen (secondary N) is 2. The van der Waals surface area contributed by atoms with Crippen molar-refractivity contribution in [2.75, 3.05) is 53.6 Å². The van der Waals surface area contributed by atoms with Gasteiger partial charge < -0.3 is 29.7 Å². The summed E-state index contributed by atoms with van der Waals surface area (Å²) in [6, 6.07) is 0. The quantitative estimate of drug-likeness (QED) is 0.481. The topological polar surface area (TPSA) is 72.1 Å². The van der Waals surface area contributed by atoms with E-state index >= 15 is 0 Å². The maximum absolute atomic E-state index is 11.5. The lowest BCUT2D eigenvalue weighted by atomic mass is 10.2. The summed E-state index contributed by atoms with van der Waals surface area (Å²) in [6.45, 7) is 8.96. The van der Waals surface area contributed by atoms with Crippen LogP contribution in [0.25, 0.3) is 0 Å². The summed E-state index contributed by atoms with van der Waals surface area (Å²) in [5.41, 5.74) is -0.496. The molecule has 0 atom stereocenters. The molecule has 0 aliphatic rings. The molecule has 0 saturated carbocycles. The molecule has 0 heterocycles. The van der Waals surface area contributed by atoms with E-state index in [9.17, 15) is 4.79 Å². The van der Waals surface area contributed by atoms with E-state index in [1.54, 1.807) is 14.2 Å². The number of nitrogens with zero attached hydrogens (tertiary/aromatic N) is 1. The van der Waals surface area contributed by atoms with Crippen LogP contribution in [-0.2, 0) is 14.2 Å². The fourth-order valence-electron chi connectivity index (χ4n) is 1.48. The molecule has 0 aromatic rings. The third kappa shape index (κ3) is 11.5. The molecule has 0 fully saturated rings. The van der Waals surface area contributed by atoms with Gasteiger partial charge in [0.2, 0.25) is 0 Å². The highest BCUT2D eigenvalue weighted by Gasteiger charge is 2.15. The number of amides is 1. The molecule has 22 heavy (non-hydrogen) atoms. The summed E-state index contributed by atoms with van der Waals surface area (Å²) in [5, 5.41) is 6.37. The first-order chi connectivity index (χ1) is 10.3. The third-order valence-electron chi connectivity index (χ3n) is 2.49. The van der Waals surface area contributed by atoms with Crippen LogP contribution in [0.1, 0.15) is 20.8 Å². The summed E-state index contributed by atoms with van der Waals surface area (Å²) in [7, 11) is 3.30. The maximum Gasteiger partial charge on any atom is 0.407 e. The Morgan fingerprint density at radius 2 is 1.55 bits per heavy atom. The minimum absolute atomic E-state index is 0.428. The highest BCUT2D eigenvalue weighted by atomic mass is 32.1. The van der Waals surface area contributed by atoms with Crippen molar-refractivity contribution in [1.82, 2.24) is 15.5 Å². The van der Waals surface area contributed by atoms with E-state index in [1.807, 2.05) is 25.7 Å². The molecule has 0 aromatic carbocycles. The molecule has 1 amide bonds. The molecule has 0 radical (unpaired) electrons. The van der Waals surface area contributed by atoms with Gasteiger partial charge in [-0.15, -0.1) is 0 Å². The Morgan fingerprint density at radius 3 is 2.00 bits per heavy atom. The van der Waals surface area contributed by atoms with Crippen LogP contribution >= 0.6 is 12.2 Å². The lowest BCUT2D eigenvalue weighted by Crippen LogP contribution is -2.45. The van der Waals surface area contributed by atoms with Gasteiger partial charge in [0, 0.05) is 40.4 Å². The fourth-order valence-corrected chi connectivity index (χ4v) is 1.76. The summed E-state index contributed by atoms with van der Waals surface area (Å²) in [6.07, 6.45) is -0.434. The molecule has 0 bridgehead atoms. The van der Waals surface area contributed by atoms with Crippen molar-refractivity contribution in [3.63, 3.8) is 0 Å². The van der Waals surface area contributed by atoms with E-state index in [2.05, 4.69) is 10.6 Å². The zero-order valence-electron chi connectivity index (χ0n) is 14.2. The van der Waals surface area contributed by atoms with Gasteiger partial charge in [-0.3, -0.25) is 0 Å². The maximum atomic E-state index is 11.5. The van der Waals surface area contributed by atoms with Crippen molar-refractivity contribution < 1.29 is 19.0 Å². The van der Waals surface area contributed by atoms with Crippen molar-refractivity contribution in [2.45, 2.75) is 26.4 Å². The monoisotopic (exact) mass is 335 g/mol. The Kier molecular flexibility index (Phi) is 10.9. The van der Waals surface area contributed by atoms with E-state index in [-0.39, 0.29) is 0 Å². The van der Waals surface area contributed by atoms with Crippen LogP contribution < -0.4 is 10.6 Å². The second-order valence-corrected chi connectivity index (χ2v) is 6.02. The van der Waals surface area contributed by atoms with Gasteiger partial charge in [-0.2, -0.15) is 0 Å². The predicted octanol–water partition coefficient (Wildman–Crippen LogP) is 0.980. The van der Waals surface area contributed by atoms with Gasteiger partial charge in [-0.05, 0) is 33.0 Å². The summed E-state index contributed by atoms with van der Waals surface area (Å²) in [5.74, 6) is 0. The second kappa shape index (κ2) is 11.4. The number of ether oxygens (including phenoxy) is 3. The number of hydrogen-bond donors (Lipinski definition) is 2. The number of thiocarbonyl (C=S) groups is 1. The summed E-state index contributed by atoms with van der Waals surface area (Å²) in [4.78, 5) is 13.5. The average molecular weight is 335 g/mol. The second-order valence-electron chi connectivity index (χ2n) is 5.63. The number of rotatable bonds is 9. The van der Waals surface area contributed by atoms with E-state index in [0.29, 0.717) is 44.5 Å². The Labute approximate surface area is 138 Å². The molecule has 130 valence electrons. The first-order valence-electron chi connectivity index (χ1n) is 7.27. The molecule has 8 heteroatoms. The lowest BCUT2D eigenvalue weighted by Gasteiger charge is -2.25. The molecular formula is C14H29N3O4S. The van der Waals surface area contributed by atoms with Crippen molar-refractivity contribution in [1.29, 1.82) is 0 Å². The van der Waals surface area contributed by atoms with Crippen LogP contribution in [0.5, 0.6) is 0 Å². The van der Waals surface area contributed by atoms with Gasteiger partial charge in [0.05, 0.1) is 13.2 Å². The number of alkyl carbamates (subject to hydrolysis) is 1. The number of carbonyl (C=O) groups excluding carboxylic acids is 1.